The number of hydrogen-bond acceptors (Lipinski definition) is 4. The van der Waals surface area contributed by atoms with E-state index in [0.717, 1.165) is 22.9 Å². The zero-order valence-corrected chi connectivity index (χ0v) is 20.6. The quantitative estimate of drug-likeness (QED) is 0.284. The number of hydrogen-bond donors (Lipinski definition) is 2. The molecule has 2 rings (SSSR count). The normalized spacial score (nSPS) is 11.5. The van der Waals surface area contributed by atoms with E-state index in [-0.39, 0.29) is 41.2 Å². The van der Waals surface area contributed by atoms with E-state index in [1.54, 1.807) is 0 Å². The lowest BCUT2D eigenvalue weighted by Gasteiger charge is -2.13. The van der Waals surface area contributed by atoms with E-state index < -0.39 is 15.7 Å². The van der Waals surface area contributed by atoms with Crippen molar-refractivity contribution in [3.05, 3.63) is 59.4 Å². The van der Waals surface area contributed by atoms with Gasteiger partial charge in [0.25, 0.3) is 0 Å². The van der Waals surface area contributed by atoms with Gasteiger partial charge in [0.05, 0.1) is 18.9 Å². The molecule has 2 aromatic carbocycles. The van der Waals surface area contributed by atoms with Crippen molar-refractivity contribution in [3.63, 3.8) is 0 Å². The van der Waals surface area contributed by atoms with Crippen LogP contribution in [0, 0.1) is 12.7 Å². The number of aliphatic imine (C=N–C) groups is 1. The Kier molecular flexibility index (Phi) is 11.1. The predicted octanol–water partition coefficient (Wildman–Crippen LogP) is 3.68. The Bertz CT molecular complexity index is 952. The van der Waals surface area contributed by atoms with Gasteiger partial charge in [0, 0.05) is 18.7 Å². The summed E-state index contributed by atoms with van der Waals surface area (Å²) < 4.78 is 44.2. The second kappa shape index (κ2) is 12.7. The molecule has 0 aliphatic rings. The topological polar surface area (TPSA) is 79.8 Å². The molecule has 2 N–H and O–H groups in total. The highest BCUT2D eigenvalue weighted by Gasteiger charge is 2.18. The molecule has 6 nitrogen and oxygen atoms in total. The van der Waals surface area contributed by atoms with Crippen LogP contribution in [0.3, 0.4) is 0 Å². The number of rotatable bonds is 9. The summed E-state index contributed by atoms with van der Waals surface area (Å²) in [6, 6.07) is 11.3. The van der Waals surface area contributed by atoms with Crippen LogP contribution in [0.2, 0.25) is 0 Å². The van der Waals surface area contributed by atoms with Crippen LogP contribution < -0.4 is 15.4 Å². The zero-order chi connectivity index (χ0) is 21.3. The summed E-state index contributed by atoms with van der Waals surface area (Å²) in [5.41, 5.74) is 2.04. The van der Waals surface area contributed by atoms with Crippen LogP contribution in [-0.4, -0.2) is 39.8 Å². The first-order valence-electron chi connectivity index (χ1n) is 9.59. The van der Waals surface area contributed by atoms with E-state index in [4.69, 9.17) is 4.74 Å². The smallest absolute Gasteiger partial charge is 0.191 e. The highest BCUT2D eigenvalue weighted by Crippen LogP contribution is 2.21. The minimum absolute atomic E-state index is 0. The molecule has 166 valence electrons. The molecule has 0 aliphatic carbocycles. The molecule has 0 fully saturated rings. The van der Waals surface area contributed by atoms with Crippen LogP contribution in [0.4, 0.5) is 4.39 Å². The fraction of sp³-hybridized carbons (Fsp3) is 0.381. The molecule has 0 amide bonds. The average Bonchev–Trinajstić information content (AvgIpc) is 2.67. The molecule has 9 heteroatoms. The Morgan fingerprint density at radius 3 is 2.53 bits per heavy atom. The molecule has 0 saturated carbocycles. The second-order valence-electron chi connectivity index (χ2n) is 6.42. The van der Waals surface area contributed by atoms with Gasteiger partial charge in [-0.25, -0.2) is 17.8 Å². The first kappa shape index (κ1) is 26.2. The maximum absolute atomic E-state index is 13.8. The van der Waals surface area contributed by atoms with Crippen molar-refractivity contribution in [1.29, 1.82) is 0 Å². The van der Waals surface area contributed by atoms with Crippen molar-refractivity contribution in [2.75, 3.05) is 25.4 Å². The summed E-state index contributed by atoms with van der Waals surface area (Å²) in [6.45, 7) is 7.52. The van der Waals surface area contributed by atoms with E-state index in [0.29, 0.717) is 25.7 Å². The molecular weight excluding hydrogens is 520 g/mol. The monoisotopic (exact) mass is 549 g/mol. The van der Waals surface area contributed by atoms with Gasteiger partial charge in [-0.15, -0.1) is 24.0 Å². The van der Waals surface area contributed by atoms with E-state index in [1.165, 1.54) is 18.2 Å². The molecule has 0 aromatic heterocycles. The minimum atomic E-state index is -3.73. The third-order valence-electron chi connectivity index (χ3n) is 4.11. The Morgan fingerprint density at radius 1 is 1.13 bits per heavy atom. The van der Waals surface area contributed by atoms with Gasteiger partial charge in [-0.2, -0.15) is 0 Å². The number of sulfone groups is 1. The SMILES string of the molecule is CCNC(=NCc1ccc(C)cc1OCC)NCCS(=O)(=O)c1ccccc1F.I. The van der Waals surface area contributed by atoms with E-state index in [2.05, 4.69) is 15.6 Å². The lowest BCUT2D eigenvalue weighted by molar-refractivity contribution is 0.336. The summed E-state index contributed by atoms with van der Waals surface area (Å²) in [5, 5.41) is 6.08. The zero-order valence-electron chi connectivity index (χ0n) is 17.4. The summed E-state index contributed by atoms with van der Waals surface area (Å²) in [7, 11) is -3.73. The number of ether oxygens (including phenoxy) is 1. The lowest BCUT2D eigenvalue weighted by Crippen LogP contribution is -2.39. The van der Waals surface area contributed by atoms with Crippen molar-refractivity contribution < 1.29 is 17.5 Å². The highest BCUT2D eigenvalue weighted by molar-refractivity contribution is 14.0. The molecule has 0 bridgehead atoms. The molecule has 0 aliphatic heterocycles. The number of halogens is 2. The molecule has 0 unspecified atom stereocenters. The second-order valence-corrected chi connectivity index (χ2v) is 8.49. The largest absolute Gasteiger partial charge is 0.494 e. The van der Waals surface area contributed by atoms with Crippen molar-refractivity contribution in [3.8, 4) is 5.75 Å². The molecule has 0 spiro atoms. The maximum Gasteiger partial charge on any atom is 0.191 e. The molecule has 0 atom stereocenters. The highest BCUT2D eigenvalue weighted by atomic mass is 127. The molecule has 2 aromatic rings. The van der Waals surface area contributed by atoms with Crippen LogP contribution in [0.1, 0.15) is 25.0 Å². The van der Waals surface area contributed by atoms with Gasteiger partial charge in [0.1, 0.15) is 16.5 Å². The van der Waals surface area contributed by atoms with E-state index in [9.17, 15) is 12.8 Å². The van der Waals surface area contributed by atoms with Gasteiger partial charge in [-0.1, -0.05) is 24.3 Å². The molecular formula is C21H29FIN3O3S. The summed E-state index contributed by atoms with van der Waals surface area (Å²) in [4.78, 5) is 4.22. The molecule has 0 radical (unpaired) electrons. The number of nitrogens with one attached hydrogen (secondary N) is 2. The Labute approximate surface area is 195 Å². The van der Waals surface area contributed by atoms with E-state index in [1.807, 2.05) is 39.0 Å². The standard InChI is InChI=1S/C21H28FN3O3S.HI/c1-4-23-21(25-15-17-11-10-16(3)14-19(17)28-5-2)24-12-13-29(26,27)20-9-7-6-8-18(20)22;/h6-11,14H,4-5,12-13,15H2,1-3H3,(H2,23,24,25);1H. The summed E-state index contributed by atoms with van der Waals surface area (Å²) in [6.07, 6.45) is 0. The fourth-order valence-electron chi connectivity index (χ4n) is 2.70. The van der Waals surface area contributed by atoms with Gasteiger partial charge < -0.3 is 15.4 Å². The summed E-state index contributed by atoms with van der Waals surface area (Å²) in [5.74, 6) is 0.289. The van der Waals surface area contributed by atoms with E-state index >= 15 is 0 Å². The molecule has 0 saturated heterocycles. The third kappa shape index (κ3) is 7.75. The van der Waals surface area contributed by atoms with Gasteiger partial charge in [0.15, 0.2) is 15.8 Å². The fourth-order valence-corrected chi connectivity index (χ4v) is 3.94. The van der Waals surface area contributed by atoms with Gasteiger partial charge in [-0.3, -0.25) is 0 Å². The average molecular weight is 549 g/mol. The Balaban J connectivity index is 0.00000450. The van der Waals surface area contributed by atoms with Gasteiger partial charge in [-0.05, 0) is 44.5 Å². The summed E-state index contributed by atoms with van der Waals surface area (Å²) >= 11 is 0. The van der Waals surface area contributed by atoms with Crippen molar-refractivity contribution in [2.24, 2.45) is 4.99 Å². The number of aryl methyl sites for hydroxylation is 1. The van der Waals surface area contributed by atoms with Crippen molar-refractivity contribution >= 4 is 39.8 Å². The van der Waals surface area contributed by atoms with Crippen LogP contribution >= 0.6 is 24.0 Å². The van der Waals surface area contributed by atoms with Crippen LogP contribution in [0.5, 0.6) is 5.75 Å². The first-order chi connectivity index (χ1) is 13.9. The number of benzene rings is 2. The maximum atomic E-state index is 13.8. The number of nitrogens with zero attached hydrogens (tertiary/aromatic N) is 1. The van der Waals surface area contributed by atoms with Crippen molar-refractivity contribution in [1.82, 2.24) is 10.6 Å². The molecule has 30 heavy (non-hydrogen) atoms. The van der Waals surface area contributed by atoms with Crippen LogP contribution in [-0.2, 0) is 16.4 Å². The third-order valence-corrected chi connectivity index (χ3v) is 5.85. The van der Waals surface area contributed by atoms with Gasteiger partial charge in [0.2, 0.25) is 0 Å². The Morgan fingerprint density at radius 2 is 1.87 bits per heavy atom. The van der Waals surface area contributed by atoms with Crippen LogP contribution in [0.15, 0.2) is 52.4 Å². The van der Waals surface area contributed by atoms with Crippen molar-refractivity contribution in [2.45, 2.75) is 32.2 Å². The Hall–Kier alpha value is -1.88. The minimum Gasteiger partial charge on any atom is -0.494 e. The van der Waals surface area contributed by atoms with Gasteiger partial charge >= 0.3 is 0 Å². The molecule has 0 heterocycles. The predicted molar refractivity (Wildman–Crippen MR) is 129 cm³/mol. The lowest BCUT2D eigenvalue weighted by atomic mass is 10.1. The first-order valence-corrected chi connectivity index (χ1v) is 11.2. The van der Waals surface area contributed by atoms with Crippen LogP contribution in [0.25, 0.3) is 0 Å². The number of guanidine groups is 1.